The van der Waals surface area contributed by atoms with Crippen molar-refractivity contribution < 1.29 is 31.4 Å². The van der Waals surface area contributed by atoms with Crippen LogP contribution < -0.4 is 0 Å². The third-order valence-electron chi connectivity index (χ3n) is 3.78. The molecule has 8 heteroatoms. The molecule has 27 heavy (non-hydrogen) atoms. The maximum absolute atomic E-state index is 12.9. The van der Waals surface area contributed by atoms with Crippen molar-refractivity contribution in [2.24, 2.45) is 0 Å². The number of aromatic nitrogens is 1. The van der Waals surface area contributed by atoms with Gasteiger partial charge in [-0.15, -0.1) is 0 Å². The Bertz CT molecular complexity index is 989. The summed E-state index contributed by atoms with van der Waals surface area (Å²) in [6.45, 7) is 0. The molecule has 3 aromatic rings. The van der Waals surface area contributed by atoms with Crippen LogP contribution in [0.2, 0.25) is 0 Å². The van der Waals surface area contributed by atoms with E-state index in [9.17, 15) is 31.4 Å². The molecular weight excluding hydrogens is 372 g/mol. The van der Waals surface area contributed by atoms with Crippen LogP contribution in [0.25, 0.3) is 23.1 Å². The predicted molar refractivity (Wildman–Crippen MR) is 88.8 cm³/mol. The number of benzene rings is 2. The van der Waals surface area contributed by atoms with Gasteiger partial charge in [-0.3, -0.25) is 0 Å². The highest BCUT2D eigenvalue weighted by atomic mass is 19.4. The van der Waals surface area contributed by atoms with Crippen molar-refractivity contribution >= 4 is 23.1 Å². The molecule has 1 heterocycles. The van der Waals surface area contributed by atoms with E-state index < -0.39 is 23.5 Å². The zero-order valence-corrected chi connectivity index (χ0v) is 13.4. The number of phenols is 1. The minimum absolute atomic E-state index is 0.0731. The Labute approximate surface area is 149 Å². The van der Waals surface area contributed by atoms with Crippen LogP contribution >= 0.6 is 0 Å². The molecule has 3 rings (SSSR count). The third kappa shape index (κ3) is 4.21. The van der Waals surface area contributed by atoms with Gasteiger partial charge in [-0.2, -0.15) is 26.3 Å². The number of pyridine rings is 1. The molecule has 1 N–H and O–H groups in total. The van der Waals surface area contributed by atoms with E-state index in [1.54, 1.807) is 18.2 Å². The Balaban J connectivity index is 2.03. The first kappa shape index (κ1) is 18.8. The van der Waals surface area contributed by atoms with Crippen molar-refractivity contribution in [3.8, 4) is 5.75 Å². The molecule has 0 amide bonds. The van der Waals surface area contributed by atoms with E-state index in [0.29, 0.717) is 17.5 Å². The Morgan fingerprint density at radius 1 is 0.778 bits per heavy atom. The van der Waals surface area contributed by atoms with Crippen LogP contribution in [0, 0.1) is 0 Å². The Morgan fingerprint density at radius 2 is 1.41 bits per heavy atom. The summed E-state index contributed by atoms with van der Waals surface area (Å²) in [6, 6.07) is 9.25. The van der Waals surface area contributed by atoms with Crippen LogP contribution in [0.5, 0.6) is 5.75 Å². The summed E-state index contributed by atoms with van der Waals surface area (Å²) in [5.74, 6) is -0.0822. The summed E-state index contributed by atoms with van der Waals surface area (Å²) >= 11 is 0. The first-order chi connectivity index (χ1) is 12.5. The first-order valence-corrected chi connectivity index (χ1v) is 7.60. The van der Waals surface area contributed by atoms with Crippen LogP contribution in [0.15, 0.2) is 48.5 Å². The summed E-state index contributed by atoms with van der Waals surface area (Å²) in [5.41, 5.74) is -2.49. The molecule has 0 aliphatic carbocycles. The van der Waals surface area contributed by atoms with Gasteiger partial charge in [0.2, 0.25) is 0 Å². The molecule has 0 bridgehead atoms. The SMILES string of the molecule is Oc1cccc2ccc(/C=C/c3cc(C(F)(F)F)cc(C(F)(F)F)c3)nc12. The number of rotatable bonds is 2. The third-order valence-corrected chi connectivity index (χ3v) is 3.78. The van der Waals surface area contributed by atoms with Gasteiger partial charge in [0.1, 0.15) is 11.3 Å². The van der Waals surface area contributed by atoms with Gasteiger partial charge in [-0.05, 0) is 42.0 Å². The van der Waals surface area contributed by atoms with Gasteiger partial charge in [0.15, 0.2) is 0 Å². The van der Waals surface area contributed by atoms with Gasteiger partial charge in [0.05, 0.1) is 16.8 Å². The van der Waals surface area contributed by atoms with E-state index >= 15 is 0 Å². The number of aromatic hydroxyl groups is 1. The molecule has 1 aromatic heterocycles. The number of phenolic OH excluding ortho intramolecular Hbond substituents is 1. The van der Waals surface area contributed by atoms with Crippen molar-refractivity contribution in [2.75, 3.05) is 0 Å². The van der Waals surface area contributed by atoms with Crippen molar-refractivity contribution in [3.05, 3.63) is 70.9 Å². The summed E-state index contributed by atoms with van der Waals surface area (Å²) in [4.78, 5) is 4.15. The van der Waals surface area contributed by atoms with E-state index in [4.69, 9.17) is 0 Å². The van der Waals surface area contributed by atoms with Crippen LogP contribution in [0.4, 0.5) is 26.3 Å². The van der Waals surface area contributed by atoms with Crippen LogP contribution in [-0.2, 0) is 12.4 Å². The molecule has 0 aliphatic heterocycles. The molecule has 140 valence electrons. The maximum atomic E-state index is 12.9. The zero-order chi connectivity index (χ0) is 19.8. The summed E-state index contributed by atoms with van der Waals surface area (Å²) in [7, 11) is 0. The quantitative estimate of drug-likeness (QED) is 0.539. The van der Waals surface area contributed by atoms with Crippen molar-refractivity contribution in [3.63, 3.8) is 0 Å². The van der Waals surface area contributed by atoms with Gasteiger partial charge >= 0.3 is 12.4 Å². The lowest BCUT2D eigenvalue weighted by molar-refractivity contribution is -0.143. The average Bonchev–Trinajstić information content (AvgIpc) is 2.59. The summed E-state index contributed by atoms with van der Waals surface area (Å²) < 4.78 is 77.3. The minimum Gasteiger partial charge on any atom is -0.506 e. The molecular formula is C19H11F6NO. The summed E-state index contributed by atoms with van der Waals surface area (Å²) in [5, 5.41) is 10.4. The van der Waals surface area contributed by atoms with Gasteiger partial charge < -0.3 is 5.11 Å². The number of halogens is 6. The Kier molecular flexibility index (Phi) is 4.59. The Morgan fingerprint density at radius 3 is 2.00 bits per heavy atom. The summed E-state index contributed by atoms with van der Waals surface area (Å²) in [6.07, 6.45) is -7.42. The molecule has 0 saturated carbocycles. The first-order valence-electron chi connectivity index (χ1n) is 7.60. The van der Waals surface area contributed by atoms with E-state index in [1.165, 1.54) is 18.2 Å². The number of para-hydroxylation sites is 1. The standard InChI is InChI=1S/C19H11F6NO/c20-18(21,22)13-8-11(9-14(10-13)19(23,24)25)4-6-15-7-5-12-2-1-3-16(27)17(12)26-15/h1-10,27H/b6-4+. The van der Waals surface area contributed by atoms with Crippen molar-refractivity contribution in [2.45, 2.75) is 12.4 Å². The second-order valence-electron chi connectivity index (χ2n) is 5.76. The lowest BCUT2D eigenvalue weighted by Gasteiger charge is -2.12. The van der Waals surface area contributed by atoms with E-state index in [-0.39, 0.29) is 28.6 Å². The number of nitrogens with zero attached hydrogens (tertiary/aromatic N) is 1. The van der Waals surface area contributed by atoms with Gasteiger partial charge in [0.25, 0.3) is 0 Å². The highest BCUT2D eigenvalue weighted by Crippen LogP contribution is 2.36. The second-order valence-corrected chi connectivity index (χ2v) is 5.76. The lowest BCUT2D eigenvalue weighted by Crippen LogP contribution is -2.11. The molecule has 2 aromatic carbocycles. The largest absolute Gasteiger partial charge is 0.506 e. The number of hydrogen-bond acceptors (Lipinski definition) is 2. The molecule has 0 aliphatic rings. The smallest absolute Gasteiger partial charge is 0.416 e. The molecule has 0 atom stereocenters. The lowest BCUT2D eigenvalue weighted by atomic mass is 10.0. The van der Waals surface area contributed by atoms with Crippen molar-refractivity contribution in [1.82, 2.24) is 4.98 Å². The van der Waals surface area contributed by atoms with Crippen LogP contribution in [0.3, 0.4) is 0 Å². The van der Waals surface area contributed by atoms with Crippen molar-refractivity contribution in [1.29, 1.82) is 0 Å². The highest BCUT2D eigenvalue weighted by molar-refractivity contribution is 5.85. The second kappa shape index (κ2) is 6.61. The monoisotopic (exact) mass is 383 g/mol. The van der Waals surface area contributed by atoms with E-state index in [1.807, 2.05) is 0 Å². The average molecular weight is 383 g/mol. The van der Waals surface area contributed by atoms with Gasteiger partial charge in [-0.1, -0.05) is 24.3 Å². The van der Waals surface area contributed by atoms with Crippen LogP contribution in [0.1, 0.15) is 22.4 Å². The zero-order valence-electron chi connectivity index (χ0n) is 13.4. The van der Waals surface area contributed by atoms with E-state index in [0.717, 1.165) is 6.08 Å². The highest BCUT2D eigenvalue weighted by Gasteiger charge is 2.36. The fourth-order valence-corrected chi connectivity index (χ4v) is 2.50. The van der Waals surface area contributed by atoms with Gasteiger partial charge in [0, 0.05) is 5.39 Å². The fourth-order valence-electron chi connectivity index (χ4n) is 2.50. The van der Waals surface area contributed by atoms with Crippen LogP contribution in [-0.4, -0.2) is 10.1 Å². The molecule has 0 unspecified atom stereocenters. The minimum atomic E-state index is -4.91. The fraction of sp³-hybridized carbons (Fsp3) is 0.105. The topological polar surface area (TPSA) is 33.1 Å². The predicted octanol–water partition coefficient (Wildman–Crippen LogP) is 6.15. The molecule has 0 spiro atoms. The molecule has 0 radical (unpaired) electrons. The molecule has 2 nitrogen and oxygen atoms in total. The number of hydrogen-bond donors (Lipinski definition) is 1. The molecule has 0 saturated heterocycles. The normalized spacial score (nSPS) is 12.8. The number of fused-ring (bicyclic) bond motifs is 1. The Hall–Kier alpha value is -3.03. The number of alkyl halides is 6. The van der Waals surface area contributed by atoms with Gasteiger partial charge in [-0.25, -0.2) is 4.98 Å². The maximum Gasteiger partial charge on any atom is 0.416 e. The molecule has 0 fully saturated rings. The van der Waals surface area contributed by atoms with E-state index in [2.05, 4.69) is 4.98 Å².